The maximum Gasteiger partial charge on any atom is 0.323 e. The standard InChI is InChI=1S/C11H16N2O3S/c1-17-7-3-5-12-11(16)9-4-2-6-13(9)8-10(14)15/h2,4,6H,3,5,7-8H2,1H3,(H,12,16)(H,14,15). The van der Waals surface area contributed by atoms with E-state index in [1.165, 1.54) is 4.57 Å². The van der Waals surface area contributed by atoms with E-state index < -0.39 is 5.97 Å². The zero-order valence-corrected chi connectivity index (χ0v) is 10.5. The molecule has 0 saturated carbocycles. The third-order valence-corrected chi connectivity index (χ3v) is 2.88. The molecule has 5 nitrogen and oxygen atoms in total. The number of carboxylic acid groups (broad SMARTS) is 1. The first-order valence-electron chi connectivity index (χ1n) is 5.29. The van der Waals surface area contributed by atoms with Crippen molar-refractivity contribution < 1.29 is 14.7 Å². The normalized spacial score (nSPS) is 10.2. The van der Waals surface area contributed by atoms with Crippen LogP contribution in [-0.4, -0.2) is 40.1 Å². The molecule has 1 aromatic heterocycles. The maximum atomic E-state index is 11.7. The molecule has 1 aromatic rings. The molecule has 0 aliphatic rings. The van der Waals surface area contributed by atoms with Crippen LogP contribution in [0.5, 0.6) is 0 Å². The van der Waals surface area contributed by atoms with E-state index in [4.69, 9.17) is 5.11 Å². The number of nitrogens with zero attached hydrogens (tertiary/aromatic N) is 1. The molecule has 17 heavy (non-hydrogen) atoms. The minimum absolute atomic E-state index is 0.194. The van der Waals surface area contributed by atoms with E-state index in [9.17, 15) is 9.59 Å². The lowest BCUT2D eigenvalue weighted by atomic mass is 10.3. The van der Waals surface area contributed by atoms with Crippen LogP contribution in [0.4, 0.5) is 0 Å². The van der Waals surface area contributed by atoms with Gasteiger partial charge in [0.05, 0.1) is 0 Å². The molecule has 1 heterocycles. The smallest absolute Gasteiger partial charge is 0.323 e. The molecule has 0 aliphatic heterocycles. The lowest BCUT2D eigenvalue weighted by Crippen LogP contribution is -2.27. The van der Waals surface area contributed by atoms with Crippen molar-refractivity contribution in [3.05, 3.63) is 24.0 Å². The third-order valence-electron chi connectivity index (χ3n) is 2.18. The Labute approximate surface area is 104 Å². The van der Waals surface area contributed by atoms with Crippen molar-refractivity contribution in [1.29, 1.82) is 0 Å². The van der Waals surface area contributed by atoms with Crippen molar-refractivity contribution in [3.63, 3.8) is 0 Å². The molecule has 0 saturated heterocycles. The van der Waals surface area contributed by atoms with Gasteiger partial charge in [0, 0.05) is 12.7 Å². The van der Waals surface area contributed by atoms with Crippen molar-refractivity contribution in [1.82, 2.24) is 9.88 Å². The van der Waals surface area contributed by atoms with Gasteiger partial charge in [-0.15, -0.1) is 0 Å². The molecule has 94 valence electrons. The molecule has 0 atom stereocenters. The van der Waals surface area contributed by atoms with Gasteiger partial charge in [0.2, 0.25) is 0 Å². The van der Waals surface area contributed by atoms with Gasteiger partial charge in [-0.2, -0.15) is 11.8 Å². The molecule has 2 N–H and O–H groups in total. The number of thioether (sulfide) groups is 1. The zero-order chi connectivity index (χ0) is 12.7. The molecule has 0 unspecified atom stereocenters. The average molecular weight is 256 g/mol. The van der Waals surface area contributed by atoms with Crippen LogP contribution >= 0.6 is 11.8 Å². The number of rotatable bonds is 7. The Morgan fingerprint density at radius 3 is 2.94 bits per heavy atom. The minimum atomic E-state index is -0.961. The summed E-state index contributed by atoms with van der Waals surface area (Å²) >= 11 is 1.73. The number of aliphatic carboxylic acids is 1. The van der Waals surface area contributed by atoms with Crippen LogP contribution in [0.2, 0.25) is 0 Å². The van der Waals surface area contributed by atoms with Gasteiger partial charge < -0.3 is 15.0 Å². The summed E-state index contributed by atoms with van der Waals surface area (Å²) < 4.78 is 1.42. The van der Waals surface area contributed by atoms with Crippen LogP contribution < -0.4 is 5.32 Å². The number of hydrogen-bond donors (Lipinski definition) is 2. The molecule has 0 fully saturated rings. The maximum absolute atomic E-state index is 11.7. The van der Waals surface area contributed by atoms with Gasteiger partial charge >= 0.3 is 5.97 Å². The number of nitrogens with one attached hydrogen (secondary N) is 1. The van der Waals surface area contributed by atoms with E-state index in [0.717, 1.165) is 12.2 Å². The fraction of sp³-hybridized carbons (Fsp3) is 0.455. The number of carbonyl (C=O) groups excluding carboxylic acids is 1. The van der Waals surface area contributed by atoms with Crippen molar-refractivity contribution in [2.75, 3.05) is 18.6 Å². The monoisotopic (exact) mass is 256 g/mol. The second kappa shape index (κ2) is 7.01. The summed E-state index contributed by atoms with van der Waals surface area (Å²) in [4.78, 5) is 22.3. The summed E-state index contributed by atoms with van der Waals surface area (Å²) in [7, 11) is 0. The second-order valence-electron chi connectivity index (χ2n) is 3.52. The highest BCUT2D eigenvalue weighted by Gasteiger charge is 2.11. The van der Waals surface area contributed by atoms with E-state index in [-0.39, 0.29) is 12.5 Å². The fourth-order valence-corrected chi connectivity index (χ4v) is 1.85. The Kier molecular flexibility index (Phi) is 5.62. The Morgan fingerprint density at radius 1 is 1.53 bits per heavy atom. The second-order valence-corrected chi connectivity index (χ2v) is 4.50. The van der Waals surface area contributed by atoms with Gasteiger partial charge in [0.1, 0.15) is 12.2 Å². The Bertz CT molecular complexity index is 390. The summed E-state index contributed by atoms with van der Waals surface area (Å²) in [6, 6.07) is 3.28. The van der Waals surface area contributed by atoms with Gasteiger partial charge in [0.15, 0.2) is 0 Å². The predicted octanol–water partition coefficient (Wildman–Crippen LogP) is 1.06. The van der Waals surface area contributed by atoms with Gasteiger partial charge in [-0.1, -0.05) is 0 Å². The Balaban J connectivity index is 2.50. The van der Waals surface area contributed by atoms with Crippen LogP contribution in [0.3, 0.4) is 0 Å². The van der Waals surface area contributed by atoms with E-state index >= 15 is 0 Å². The highest BCUT2D eigenvalue weighted by Crippen LogP contribution is 2.02. The van der Waals surface area contributed by atoms with E-state index in [0.29, 0.717) is 12.2 Å². The summed E-state index contributed by atoms with van der Waals surface area (Å²) in [6.45, 7) is 0.415. The van der Waals surface area contributed by atoms with Gasteiger partial charge in [-0.3, -0.25) is 9.59 Å². The molecular weight excluding hydrogens is 240 g/mol. The molecule has 0 aliphatic carbocycles. The average Bonchev–Trinajstić information content (AvgIpc) is 2.71. The first-order valence-corrected chi connectivity index (χ1v) is 6.68. The van der Waals surface area contributed by atoms with E-state index in [2.05, 4.69) is 5.32 Å². The highest BCUT2D eigenvalue weighted by atomic mass is 32.2. The van der Waals surface area contributed by atoms with Crippen molar-refractivity contribution in [3.8, 4) is 0 Å². The topological polar surface area (TPSA) is 71.3 Å². The molecule has 0 spiro atoms. The van der Waals surface area contributed by atoms with Crippen LogP contribution in [-0.2, 0) is 11.3 Å². The molecular formula is C11H16N2O3S. The summed E-state index contributed by atoms with van der Waals surface area (Å²) in [5.74, 6) is -0.189. The van der Waals surface area contributed by atoms with Crippen LogP contribution in [0.15, 0.2) is 18.3 Å². The Hall–Kier alpha value is -1.43. The van der Waals surface area contributed by atoms with Gasteiger partial charge in [-0.25, -0.2) is 0 Å². The molecule has 0 aromatic carbocycles. The summed E-state index contributed by atoms with van der Waals surface area (Å²) in [6.07, 6.45) is 4.51. The van der Waals surface area contributed by atoms with Crippen LogP contribution in [0, 0.1) is 0 Å². The lowest BCUT2D eigenvalue weighted by molar-refractivity contribution is -0.137. The van der Waals surface area contributed by atoms with Gasteiger partial charge in [0.25, 0.3) is 5.91 Å². The van der Waals surface area contributed by atoms with E-state index in [1.54, 1.807) is 30.1 Å². The van der Waals surface area contributed by atoms with Crippen LogP contribution in [0.25, 0.3) is 0 Å². The SMILES string of the molecule is CSCCCNC(=O)c1cccn1CC(=O)O. The zero-order valence-electron chi connectivity index (χ0n) is 9.68. The molecule has 1 amide bonds. The lowest BCUT2D eigenvalue weighted by Gasteiger charge is -2.07. The Morgan fingerprint density at radius 2 is 2.29 bits per heavy atom. The molecule has 0 bridgehead atoms. The number of carboxylic acids is 1. The van der Waals surface area contributed by atoms with Crippen molar-refractivity contribution >= 4 is 23.6 Å². The minimum Gasteiger partial charge on any atom is -0.480 e. The van der Waals surface area contributed by atoms with Crippen molar-refractivity contribution in [2.24, 2.45) is 0 Å². The largest absolute Gasteiger partial charge is 0.480 e. The predicted molar refractivity (Wildman–Crippen MR) is 67.4 cm³/mol. The van der Waals surface area contributed by atoms with Crippen molar-refractivity contribution in [2.45, 2.75) is 13.0 Å². The highest BCUT2D eigenvalue weighted by molar-refractivity contribution is 7.98. The number of aromatic nitrogens is 1. The third kappa shape index (κ3) is 4.52. The summed E-state index contributed by atoms with van der Waals surface area (Å²) in [5, 5.41) is 11.4. The quantitative estimate of drug-likeness (QED) is 0.715. The molecule has 0 radical (unpaired) electrons. The molecule has 6 heteroatoms. The summed E-state index contributed by atoms with van der Waals surface area (Å²) in [5.41, 5.74) is 0.386. The first-order chi connectivity index (χ1) is 8.15. The molecule has 1 rings (SSSR count). The fourth-order valence-electron chi connectivity index (χ4n) is 1.41. The van der Waals surface area contributed by atoms with Gasteiger partial charge in [-0.05, 0) is 30.6 Å². The van der Waals surface area contributed by atoms with Crippen LogP contribution in [0.1, 0.15) is 16.9 Å². The number of hydrogen-bond acceptors (Lipinski definition) is 3. The first kappa shape index (κ1) is 13.6. The number of carbonyl (C=O) groups is 2. The number of amides is 1. The van der Waals surface area contributed by atoms with E-state index in [1.807, 2.05) is 6.26 Å².